The van der Waals surface area contributed by atoms with Gasteiger partial charge in [-0.25, -0.2) is 0 Å². The van der Waals surface area contributed by atoms with Gasteiger partial charge >= 0.3 is 11.9 Å². The second kappa shape index (κ2) is 7.59. The van der Waals surface area contributed by atoms with Crippen LogP contribution in [0.5, 0.6) is 0 Å². The molecule has 0 heterocycles. The van der Waals surface area contributed by atoms with Crippen LogP contribution in [0.15, 0.2) is 0 Å². The zero-order valence-corrected chi connectivity index (χ0v) is 11.3. The summed E-state index contributed by atoms with van der Waals surface area (Å²) in [4.78, 5) is 35.2. The van der Waals surface area contributed by atoms with Crippen LogP contribution in [0, 0.1) is 5.92 Å². The van der Waals surface area contributed by atoms with E-state index in [0.717, 1.165) is 4.90 Å². The number of hydrogen-bond acceptors (Lipinski definition) is 6. The van der Waals surface area contributed by atoms with Crippen molar-refractivity contribution >= 4 is 35.1 Å². The van der Waals surface area contributed by atoms with Gasteiger partial charge in [-0.3, -0.25) is 14.4 Å². The summed E-state index contributed by atoms with van der Waals surface area (Å²) < 4.78 is 8.87. The third-order valence-corrected chi connectivity index (χ3v) is 2.56. The molecule has 1 atom stereocenters. The predicted molar refractivity (Wildman–Crippen MR) is 66.6 cm³/mol. The Balaban J connectivity index is 4.84. The van der Waals surface area contributed by atoms with Crippen molar-refractivity contribution in [3.8, 4) is 0 Å². The van der Waals surface area contributed by atoms with Gasteiger partial charge in [-0.1, -0.05) is 12.2 Å². The van der Waals surface area contributed by atoms with E-state index in [2.05, 4.69) is 9.47 Å². The molecule has 102 valence electrons. The lowest BCUT2D eigenvalue weighted by Gasteiger charge is -2.23. The molecule has 0 aromatic carbocycles. The van der Waals surface area contributed by atoms with Gasteiger partial charge in [-0.2, -0.15) is 0 Å². The van der Waals surface area contributed by atoms with E-state index in [9.17, 15) is 14.4 Å². The highest BCUT2D eigenvalue weighted by Gasteiger charge is 2.26. The number of amides is 1. The van der Waals surface area contributed by atoms with Crippen molar-refractivity contribution in [2.45, 2.75) is 6.92 Å². The number of nitrogens with two attached hydrogens (primary N) is 1. The summed E-state index contributed by atoms with van der Waals surface area (Å²) in [6.45, 7) is 0.765. The molecule has 0 rings (SSSR count). The Hall–Kier alpha value is -1.70. The number of carbonyl (C=O) groups excluding carboxylic acids is 3. The second-order valence-electron chi connectivity index (χ2n) is 3.47. The molecule has 0 radical (unpaired) electrons. The van der Waals surface area contributed by atoms with Crippen LogP contribution < -0.4 is 5.73 Å². The van der Waals surface area contributed by atoms with Crippen molar-refractivity contribution < 1.29 is 23.9 Å². The van der Waals surface area contributed by atoms with E-state index in [1.54, 1.807) is 0 Å². The standard InChI is InChI=1S/C10H16N2O5S/c1-6(9(11)18)10(15)12(4-7(13)16-2)5-8(14)17-3/h6H,4-5H2,1-3H3,(H2,11,18). The molecule has 0 spiro atoms. The minimum Gasteiger partial charge on any atom is -0.468 e. The zero-order valence-electron chi connectivity index (χ0n) is 10.5. The van der Waals surface area contributed by atoms with Crippen LogP contribution in [0.4, 0.5) is 0 Å². The summed E-state index contributed by atoms with van der Waals surface area (Å²) in [5, 5.41) is 0. The van der Waals surface area contributed by atoms with Crippen LogP contribution in [0.2, 0.25) is 0 Å². The Bertz CT molecular complexity index is 340. The molecule has 2 N–H and O–H groups in total. The lowest BCUT2D eigenvalue weighted by Crippen LogP contribution is -2.45. The van der Waals surface area contributed by atoms with Gasteiger partial charge in [0.1, 0.15) is 13.1 Å². The summed E-state index contributed by atoms with van der Waals surface area (Å²) in [6, 6.07) is 0. The molecule has 7 nitrogen and oxygen atoms in total. The number of ether oxygens (including phenoxy) is 2. The van der Waals surface area contributed by atoms with Crippen molar-refractivity contribution in [2.24, 2.45) is 11.7 Å². The fraction of sp³-hybridized carbons (Fsp3) is 0.600. The predicted octanol–water partition coefficient (Wildman–Crippen LogP) is -0.917. The molecule has 18 heavy (non-hydrogen) atoms. The first-order valence-corrected chi connectivity index (χ1v) is 5.46. The molecule has 0 bridgehead atoms. The first kappa shape index (κ1) is 16.3. The number of rotatable bonds is 6. The zero-order chi connectivity index (χ0) is 14.3. The second-order valence-corrected chi connectivity index (χ2v) is 3.94. The highest BCUT2D eigenvalue weighted by Crippen LogP contribution is 2.04. The van der Waals surface area contributed by atoms with Crippen molar-refractivity contribution in [1.29, 1.82) is 0 Å². The fourth-order valence-electron chi connectivity index (χ4n) is 1.05. The lowest BCUT2D eigenvalue weighted by atomic mass is 10.1. The van der Waals surface area contributed by atoms with E-state index < -0.39 is 23.8 Å². The SMILES string of the molecule is COC(=O)CN(CC(=O)OC)C(=O)C(C)C(N)=S. The van der Waals surface area contributed by atoms with E-state index in [1.807, 2.05) is 0 Å². The van der Waals surface area contributed by atoms with E-state index in [-0.39, 0.29) is 18.1 Å². The quantitative estimate of drug-likeness (QED) is 0.495. The molecular weight excluding hydrogens is 260 g/mol. The van der Waals surface area contributed by atoms with Gasteiger partial charge in [0.05, 0.1) is 25.1 Å². The van der Waals surface area contributed by atoms with Crippen molar-refractivity contribution in [3.05, 3.63) is 0 Å². The summed E-state index contributed by atoms with van der Waals surface area (Å²) in [7, 11) is 2.36. The molecule has 0 aliphatic rings. The van der Waals surface area contributed by atoms with E-state index >= 15 is 0 Å². The van der Waals surface area contributed by atoms with Crippen LogP contribution in [-0.4, -0.2) is 55.0 Å². The maximum Gasteiger partial charge on any atom is 0.325 e. The smallest absolute Gasteiger partial charge is 0.325 e. The summed E-state index contributed by atoms with van der Waals surface area (Å²) in [5.41, 5.74) is 5.35. The normalized spacial score (nSPS) is 11.3. The molecular formula is C10H16N2O5S. The molecule has 8 heteroatoms. The molecule has 0 aliphatic heterocycles. The van der Waals surface area contributed by atoms with Gasteiger partial charge in [0.25, 0.3) is 0 Å². The van der Waals surface area contributed by atoms with Crippen LogP contribution in [0.25, 0.3) is 0 Å². The van der Waals surface area contributed by atoms with Crippen LogP contribution in [0.1, 0.15) is 6.92 Å². The average molecular weight is 276 g/mol. The molecule has 0 aliphatic carbocycles. The maximum absolute atomic E-state index is 11.9. The molecule has 0 saturated carbocycles. The Morgan fingerprint density at radius 1 is 1.17 bits per heavy atom. The van der Waals surface area contributed by atoms with E-state index in [0.29, 0.717) is 0 Å². The van der Waals surface area contributed by atoms with Gasteiger partial charge in [0.15, 0.2) is 0 Å². The molecule has 1 unspecified atom stereocenters. The third-order valence-electron chi connectivity index (χ3n) is 2.20. The number of methoxy groups -OCH3 is 2. The lowest BCUT2D eigenvalue weighted by molar-refractivity contribution is -0.152. The maximum atomic E-state index is 11.9. The average Bonchev–Trinajstić information content (AvgIpc) is 2.35. The Morgan fingerprint density at radius 2 is 1.56 bits per heavy atom. The van der Waals surface area contributed by atoms with E-state index in [1.165, 1.54) is 21.1 Å². The highest BCUT2D eigenvalue weighted by molar-refractivity contribution is 7.80. The molecule has 0 saturated heterocycles. The summed E-state index contributed by atoms with van der Waals surface area (Å²) in [6.07, 6.45) is 0. The number of esters is 2. The Morgan fingerprint density at radius 3 is 1.83 bits per heavy atom. The number of hydrogen-bond donors (Lipinski definition) is 1. The van der Waals surface area contributed by atoms with Crippen molar-refractivity contribution in [3.63, 3.8) is 0 Å². The first-order valence-electron chi connectivity index (χ1n) is 5.05. The summed E-state index contributed by atoms with van der Waals surface area (Å²) >= 11 is 4.70. The molecule has 1 amide bonds. The van der Waals surface area contributed by atoms with Gasteiger partial charge in [-0.05, 0) is 6.92 Å². The topological polar surface area (TPSA) is 98.9 Å². The minimum absolute atomic E-state index is 0.0141. The Kier molecular flexibility index (Phi) is 6.88. The first-order chi connectivity index (χ1) is 8.33. The third kappa shape index (κ3) is 5.09. The monoisotopic (exact) mass is 276 g/mol. The van der Waals surface area contributed by atoms with Crippen LogP contribution in [-0.2, 0) is 23.9 Å². The van der Waals surface area contributed by atoms with Crippen LogP contribution >= 0.6 is 12.2 Å². The van der Waals surface area contributed by atoms with Crippen molar-refractivity contribution in [2.75, 3.05) is 27.3 Å². The van der Waals surface area contributed by atoms with Gasteiger partial charge in [-0.15, -0.1) is 0 Å². The summed E-state index contributed by atoms with van der Waals surface area (Å²) in [5.74, 6) is -2.60. The largest absolute Gasteiger partial charge is 0.468 e. The molecule has 0 fully saturated rings. The number of carbonyl (C=O) groups is 3. The van der Waals surface area contributed by atoms with Gasteiger partial charge in [0.2, 0.25) is 5.91 Å². The van der Waals surface area contributed by atoms with Crippen LogP contribution in [0.3, 0.4) is 0 Å². The van der Waals surface area contributed by atoms with E-state index in [4.69, 9.17) is 18.0 Å². The molecule has 0 aromatic heterocycles. The fourth-order valence-corrected chi connectivity index (χ4v) is 1.15. The number of nitrogens with zero attached hydrogens (tertiary/aromatic N) is 1. The number of thiocarbonyl (C=S) groups is 1. The highest BCUT2D eigenvalue weighted by atomic mass is 32.1. The van der Waals surface area contributed by atoms with Gasteiger partial charge in [0, 0.05) is 0 Å². The van der Waals surface area contributed by atoms with Gasteiger partial charge < -0.3 is 20.1 Å². The molecule has 0 aromatic rings. The van der Waals surface area contributed by atoms with Crippen molar-refractivity contribution in [1.82, 2.24) is 4.90 Å². The Labute approximate surface area is 110 Å². The minimum atomic E-state index is -0.769.